The average Bonchev–Trinajstić information content (AvgIpc) is 3.45. The first-order valence-electron chi connectivity index (χ1n) is 11.5. The van der Waals surface area contributed by atoms with E-state index in [1.807, 2.05) is 17.0 Å². The van der Waals surface area contributed by atoms with Gasteiger partial charge in [-0.25, -0.2) is 14.8 Å². The molecule has 0 bridgehead atoms. The molecule has 5 rings (SSSR count). The van der Waals surface area contributed by atoms with Crippen molar-refractivity contribution in [2.75, 3.05) is 44.2 Å². The van der Waals surface area contributed by atoms with Crippen LogP contribution in [-0.4, -0.2) is 76.1 Å². The van der Waals surface area contributed by atoms with E-state index >= 15 is 0 Å². The summed E-state index contributed by atoms with van der Waals surface area (Å²) in [7, 11) is 0. The van der Waals surface area contributed by atoms with E-state index in [-0.39, 0.29) is 12.5 Å². The van der Waals surface area contributed by atoms with E-state index < -0.39 is 11.5 Å². The second-order valence-electron chi connectivity index (χ2n) is 9.32. The molecular formula is C24H28ClN5O3. The minimum atomic E-state index is -0.991. The van der Waals surface area contributed by atoms with Gasteiger partial charge in [0.25, 0.3) is 0 Å². The van der Waals surface area contributed by atoms with E-state index in [0.717, 1.165) is 29.9 Å². The third kappa shape index (κ3) is 3.80. The van der Waals surface area contributed by atoms with E-state index in [1.165, 1.54) is 10.5 Å². The van der Waals surface area contributed by atoms with Crippen molar-refractivity contribution in [3.63, 3.8) is 0 Å². The van der Waals surface area contributed by atoms with Gasteiger partial charge in [-0.05, 0) is 42.9 Å². The van der Waals surface area contributed by atoms with Crippen LogP contribution in [0.5, 0.6) is 0 Å². The normalized spacial score (nSPS) is 24.8. The molecule has 1 aromatic carbocycles. The lowest BCUT2D eigenvalue weighted by molar-refractivity contribution is -0.137. The number of nitrogens with zero attached hydrogens (tertiary/aromatic N) is 5. The van der Waals surface area contributed by atoms with Gasteiger partial charge in [0.2, 0.25) is 5.91 Å². The Hall–Kier alpha value is -2.87. The molecule has 0 radical (unpaired) electrons. The fraction of sp³-hybridized carbons (Fsp3) is 0.500. The number of hydrogen-bond acceptors (Lipinski definition) is 5. The number of hydrogen-bond donors (Lipinski definition) is 1. The van der Waals surface area contributed by atoms with Crippen molar-refractivity contribution < 1.29 is 14.7 Å². The van der Waals surface area contributed by atoms with Gasteiger partial charge in [0.05, 0.1) is 5.41 Å². The minimum absolute atomic E-state index is 0.00509. The van der Waals surface area contributed by atoms with Crippen molar-refractivity contribution in [2.45, 2.75) is 37.5 Å². The number of carbonyl (C=O) groups is 2. The molecule has 1 aliphatic carbocycles. The summed E-state index contributed by atoms with van der Waals surface area (Å²) in [6, 6.07) is 7.25. The molecule has 1 aromatic heterocycles. The zero-order valence-electron chi connectivity index (χ0n) is 18.7. The first-order chi connectivity index (χ1) is 15.9. The van der Waals surface area contributed by atoms with Gasteiger partial charge in [0, 0.05) is 55.5 Å². The van der Waals surface area contributed by atoms with Crippen LogP contribution in [0.25, 0.3) is 0 Å². The van der Waals surface area contributed by atoms with Gasteiger partial charge in [-0.3, -0.25) is 4.79 Å². The van der Waals surface area contributed by atoms with E-state index in [2.05, 4.69) is 21.8 Å². The van der Waals surface area contributed by atoms with Gasteiger partial charge in [-0.2, -0.15) is 0 Å². The summed E-state index contributed by atoms with van der Waals surface area (Å²) in [5.74, 6) is 1.45. The van der Waals surface area contributed by atoms with E-state index in [0.29, 0.717) is 50.1 Å². The molecule has 9 heteroatoms. The van der Waals surface area contributed by atoms with Gasteiger partial charge in [-0.15, -0.1) is 0 Å². The Morgan fingerprint density at radius 1 is 1.06 bits per heavy atom. The van der Waals surface area contributed by atoms with Gasteiger partial charge in [0.15, 0.2) is 0 Å². The molecule has 1 N–H and O–H groups in total. The van der Waals surface area contributed by atoms with E-state index in [9.17, 15) is 14.7 Å². The smallest absolute Gasteiger partial charge is 0.407 e. The SMILES string of the molecule is CC1CCc2ncnc(N3CCN(C(=O)C4(c5ccc(Cl)cc5)CCN(C(=O)O)C4)CC3)c21. The van der Waals surface area contributed by atoms with E-state index in [1.54, 1.807) is 18.5 Å². The second-order valence-corrected chi connectivity index (χ2v) is 9.76. The molecular weight excluding hydrogens is 442 g/mol. The van der Waals surface area contributed by atoms with Crippen molar-refractivity contribution in [3.05, 3.63) is 52.4 Å². The number of rotatable bonds is 3. The minimum Gasteiger partial charge on any atom is -0.465 e. The Balaban J connectivity index is 1.36. The third-order valence-electron chi connectivity index (χ3n) is 7.46. The molecule has 3 aliphatic rings. The number of carboxylic acid groups (broad SMARTS) is 1. The molecule has 3 heterocycles. The van der Waals surface area contributed by atoms with Gasteiger partial charge < -0.3 is 19.8 Å². The summed E-state index contributed by atoms with van der Waals surface area (Å²) in [6.07, 6.45) is 3.22. The van der Waals surface area contributed by atoms with Crippen LogP contribution >= 0.6 is 11.6 Å². The van der Waals surface area contributed by atoms with Crippen molar-refractivity contribution in [1.29, 1.82) is 0 Å². The zero-order valence-corrected chi connectivity index (χ0v) is 19.5. The molecule has 2 saturated heterocycles. The summed E-state index contributed by atoms with van der Waals surface area (Å²) in [6.45, 7) is 5.28. The van der Waals surface area contributed by atoms with Crippen LogP contribution in [0.4, 0.5) is 10.6 Å². The highest BCUT2D eigenvalue weighted by molar-refractivity contribution is 6.30. The highest BCUT2D eigenvalue weighted by Gasteiger charge is 2.49. The van der Waals surface area contributed by atoms with Crippen LogP contribution in [0, 0.1) is 0 Å². The Morgan fingerprint density at radius 2 is 1.79 bits per heavy atom. The summed E-state index contributed by atoms with van der Waals surface area (Å²) in [4.78, 5) is 40.1. The van der Waals surface area contributed by atoms with Crippen LogP contribution in [0.15, 0.2) is 30.6 Å². The van der Waals surface area contributed by atoms with Crippen LogP contribution in [0.1, 0.15) is 42.5 Å². The molecule has 174 valence electrons. The second kappa shape index (κ2) is 8.48. The van der Waals surface area contributed by atoms with Gasteiger partial charge in [-0.1, -0.05) is 30.7 Å². The van der Waals surface area contributed by atoms with Crippen molar-refractivity contribution in [1.82, 2.24) is 19.8 Å². The first-order valence-corrected chi connectivity index (χ1v) is 11.9. The Kier molecular flexibility index (Phi) is 5.64. The number of fused-ring (bicyclic) bond motifs is 1. The van der Waals surface area contributed by atoms with Crippen LogP contribution in [-0.2, 0) is 16.6 Å². The lowest BCUT2D eigenvalue weighted by Crippen LogP contribution is -2.55. The van der Waals surface area contributed by atoms with Crippen LogP contribution < -0.4 is 4.90 Å². The fourth-order valence-corrected chi connectivity index (χ4v) is 5.70. The molecule has 2 atom stereocenters. The maximum atomic E-state index is 13.9. The molecule has 2 unspecified atom stereocenters. The number of halogens is 1. The largest absolute Gasteiger partial charge is 0.465 e. The molecule has 8 nitrogen and oxygen atoms in total. The Labute approximate surface area is 198 Å². The number of benzene rings is 1. The van der Waals surface area contributed by atoms with Gasteiger partial charge in [0.1, 0.15) is 12.1 Å². The van der Waals surface area contributed by atoms with E-state index in [4.69, 9.17) is 11.6 Å². The van der Waals surface area contributed by atoms with Gasteiger partial charge >= 0.3 is 6.09 Å². The predicted octanol–water partition coefficient (Wildman–Crippen LogP) is 3.15. The standard InChI is InChI=1S/C24H28ClN5O3/c1-16-2-7-19-20(16)21(27-15-26-19)28-10-12-29(13-11-28)22(31)24(8-9-30(14-24)23(32)33)17-3-5-18(25)6-4-17/h3-6,15-16H,2,7-14H2,1H3,(H,32,33). The zero-order chi connectivity index (χ0) is 23.2. The highest BCUT2D eigenvalue weighted by atomic mass is 35.5. The lowest BCUT2D eigenvalue weighted by atomic mass is 9.78. The monoisotopic (exact) mass is 469 g/mol. The van der Waals surface area contributed by atoms with Crippen LogP contribution in [0.3, 0.4) is 0 Å². The Morgan fingerprint density at radius 3 is 2.45 bits per heavy atom. The number of piperazine rings is 1. The highest BCUT2D eigenvalue weighted by Crippen LogP contribution is 2.39. The predicted molar refractivity (Wildman–Crippen MR) is 125 cm³/mol. The van der Waals surface area contributed by atoms with Crippen LogP contribution in [0.2, 0.25) is 5.02 Å². The quantitative estimate of drug-likeness (QED) is 0.742. The molecule has 2 fully saturated rings. The summed E-state index contributed by atoms with van der Waals surface area (Å²) < 4.78 is 0. The summed E-state index contributed by atoms with van der Waals surface area (Å²) >= 11 is 6.08. The van der Waals surface area contributed by atoms with Crippen molar-refractivity contribution in [2.24, 2.45) is 0 Å². The maximum Gasteiger partial charge on any atom is 0.407 e. The number of carbonyl (C=O) groups excluding carboxylic acids is 1. The molecule has 2 aromatic rings. The lowest BCUT2D eigenvalue weighted by Gasteiger charge is -2.40. The number of anilines is 1. The van der Waals surface area contributed by atoms with Crippen molar-refractivity contribution >= 4 is 29.4 Å². The topological polar surface area (TPSA) is 89.9 Å². The number of likely N-dealkylation sites (tertiary alicyclic amines) is 1. The molecule has 2 amide bonds. The number of amides is 2. The average molecular weight is 470 g/mol. The fourth-order valence-electron chi connectivity index (χ4n) is 5.57. The van der Waals surface area contributed by atoms with Crippen molar-refractivity contribution in [3.8, 4) is 0 Å². The molecule has 0 saturated carbocycles. The molecule has 2 aliphatic heterocycles. The Bertz CT molecular complexity index is 1070. The summed E-state index contributed by atoms with van der Waals surface area (Å²) in [5.41, 5.74) is 2.34. The maximum absolute atomic E-state index is 13.9. The number of aromatic nitrogens is 2. The summed E-state index contributed by atoms with van der Waals surface area (Å²) in [5, 5.41) is 10.1. The number of aryl methyl sites for hydroxylation is 1. The molecule has 33 heavy (non-hydrogen) atoms. The first kappa shape index (κ1) is 21.9. The molecule has 0 spiro atoms. The third-order valence-corrected chi connectivity index (χ3v) is 7.72.